The lowest BCUT2D eigenvalue weighted by Gasteiger charge is -2.04. The molecule has 0 bridgehead atoms. The fourth-order valence-electron chi connectivity index (χ4n) is 1.95. The van der Waals surface area contributed by atoms with Crippen LogP contribution in [0.15, 0.2) is 28.7 Å². The Hall–Kier alpha value is -1.85. The average Bonchev–Trinajstić information content (AvgIpc) is 2.78. The first-order chi connectivity index (χ1) is 9.24. The molecular formula is C14H17NO4. The molecule has 0 amide bonds. The van der Waals surface area contributed by atoms with Crippen molar-refractivity contribution in [2.24, 2.45) is 0 Å². The Bertz CT molecular complexity index is 562. The molecule has 0 aliphatic heterocycles. The van der Waals surface area contributed by atoms with Gasteiger partial charge in [-0.1, -0.05) is 18.2 Å². The maximum atomic E-state index is 11.2. The average molecular weight is 263 g/mol. The highest BCUT2D eigenvalue weighted by Crippen LogP contribution is 2.25. The molecule has 2 N–H and O–H groups in total. The molecule has 0 aliphatic carbocycles. The summed E-state index contributed by atoms with van der Waals surface area (Å²) in [5.74, 6) is -1.04. The third-order valence-electron chi connectivity index (χ3n) is 2.82. The summed E-state index contributed by atoms with van der Waals surface area (Å²) >= 11 is 0. The Morgan fingerprint density at radius 2 is 2.21 bits per heavy atom. The number of aromatic carboxylic acids is 1. The molecule has 0 unspecified atom stereocenters. The number of hydrogen-bond acceptors (Lipinski definition) is 4. The Labute approximate surface area is 111 Å². The molecular weight excluding hydrogens is 246 g/mol. The molecule has 0 saturated carbocycles. The Balaban J connectivity index is 2.15. The van der Waals surface area contributed by atoms with Crippen LogP contribution in [0.4, 0.5) is 0 Å². The molecule has 19 heavy (non-hydrogen) atoms. The summed E-state index contributed by atoms with van der Waals surface area (Å²) in [6.45, 7) is 4.34. The fraction of sp³-hybridized carbons (Fsp3) is 0.357. The molecule has 1 aromatic heterocycles. The van der Waals surface area contributed by atoms with Gasteiger partial charge in [0.15, 0.2) is 0 Å². The minimum Gasteiger partial charge on any atom is -0.475 e. The Kier molecular flexibility index (Phi) is 4.54. The number of nitrogens with one attached hydrogen (secondary N) is 1. The number of furan rings is 1. The lowest BCUT2D eigenvalue weighted by molar-refractivity contribution is 0.0663. The van der Waals surface area contributed by atoms with Gasteiger partial charge in [0.1, 0.15) is 5.58 Å². The summed E-state index contributed by atoms with van der Waals surface area (Å²) in [4.78, 5) is 11.2. The van der Waals surface area contributed by atoms with Crippen molar-refractivity contribution in [3.05, 3.63) is 35.6 Å². The van der Waals surface area contributed by atoms with Gasteiger partial charge in [-0.3, -0.25) is 0 Å². The maximum Gasteiger partial charge on any atom is 0.372 e. The van der Waals surface area contributed by atoms with E-state index in [1.54, 1.807) is 6.07 Å². The van der Waals surface area contributed by atoms with Crippen LogP contribution in [0.5, 0.6) is 0 Å². The van der Waals surface area contributed by atoms with Gasteiger partial charge in [0.25, 0.3) is 0 Å². The number of fused-ring (bicyclic) bond motifs is 1. The summed E-state index contributed by atoms with van der Waals surface area (Å²) < 4.78 is 10.6. The van der Waals surface area contributed by atoms with E-state index in [1.807, 2.05) is 25.1 Å². The van der Waals surface area contributed by atoms with Crippen molar-refractivity contribution in [3.8, 4) is 0 Å². The normalized spacial score (nSPS) is 11.0. The van der Waals surface area contributed by atoms with Crippen LogP contribution in [-0.4, -0.2) is 30.8 Å². The third kappa shape index (κ3) is 3.13. The molecule has 0 radical (unpaired) electrons. The molecule has 2 rings (SSSR count). The molecule has 2 aromatic rings. The minimum absolute atomic E-state index is 0.00473. The molecule has 0 atom stereocenters. The summed E-state index contributed by atoms with van der Waals surface area (Å²) in [6, 6.07) is 7.33. The van der Waals surface area contributed by atoms with E-state index in [1.165, 1.54) is 0 Å². The summed E-state index contributed by atoms with van der Waals surface area (Å²) in [6.07, 6.45) is 0. The van der Waals surface area contributed by atoms with Crippen LogP contribution in [0.25, 0.3) is 11.0 Å². The third-order valence-corrected chi connectivity index (χ3v) is 2.82. The first kappa shape index (κ1) is 13.6. The van der Waals surface area contributed by atoms with Crippen molar-refractivity contribution < 1.29 is 19.1 Å². The van der Waals surface area contributed by atoms with Crippen LogP contribution in [0.1, 0.15) is 23.0 Å². The number of hydrogen-bond donors (Lipinski definition) is 2. The second-order valence-electron chi connectivity index (χ2n) is 4.08. The molecule has 0 fully saturated rings. The van der Waals surface area contributed by atoms with Crippen molar-refractivity contribution >= 4 is 16.9 Å². The molecule has 5 nitrogen and oxygen atoms in total. The van der Waals surface area contributed by atoms with E-state index in [4.69, 9.17) is 14.3 Å². The predicted molar refractivity (Wildman–Crippen MR) is 71.4 cm³/mol. The largest absolute Gasteiger partial charge is 0.475 e. The zero-order valence-electron chi connectivity index (χ0n) is 10.8. The zero-order valence-corrected chi connectivity index (χ0v) is 10.8. The summed E-state index contributed by atoms with van der Waals surface area (Å²) in [5, 5.41) is 13.2. The number of carboxylic acid groups (broad SMARTS) is 1. The first-order valence-electron chi connectivity index (χ1n) is 6.26. The van der Waals surface area contributed by atoms with E-state index in [2.05, 4.69) is 5.32 Å². The highest BCUT2D eigenvalue weighted by molar-refractivity contribution is 5.95. The van der Waals surface area contributed by atoms with Gasteiger partial charge in [0, 0.05) is 30.6 Å². The second-order valence-corrected chi connectivity index (χ2v) is 4.08. The molecule has 1 heterocycles. The van der Waals surface area contributed by atoms with Crippen LogP contribution >= 0.6 is 0 Å². The van der Waals surface area contributed by atoms with Gasteiger partial charge < -0.3 is 19.6 Å². The molecule has 1 aromatic carbocycles. The van der Waals surface area contributed by atoms with E-state index >= 15 is 0 Å². The van der Waals surface area contributed by atoms with Crippen molar-refractivity contribution in [2.45, 2.75) is 13.5 Å². The SMILES string of the molecule is CCOCCNCc1c(C(=O)O)oc2ccccc12. The second kappa shape index (κ2) is 6.36. The first-order valence-corrected chi connectivity index (χ1v) is 6.26. The van der Waals surface area contributed by atoms with Gasteiger partial charge in [-0.05, 0) is 13.0 Å². The van der Waals surface area contributed by atoms with Crippen LogP contribution in [0.2, 0.25) is 0 Å². The van der Waals surface area contributed by atoms with Gasteiger partial charge in [0.2, 0.25) is 5.76 Å². The Morgan fingerprint density at radius 3 is 2.95 bits per heavy atom. The molecule has 0 spiro atoms. The van der Waals surface area contributed by atoms with E-state index in [0.717, 1.165) is 5.39 Å². The van der Waals surface area contributed by atoms with Gasteiger partial charge in [0.05, 0.1) is 6.61 Å². The van der Waals surface area contributed by atoms with Gasteiger partial charge in [-0.25, -0.2) is 4.79 Å². The van der Waals surface area contributed by atoms with Crippen molar-refractivity contribution in [3.63, 3.8) is 0 Å². The number of carboxylic acids is 1. The fourth-order valence-corrected chi connectivity index (χ4v) is 1.95. The van der Waals surface area contributed by atoms with Crippen LogP contribution in [0.3, 0.4) is 0 Å². The smallest absolute Gasteiger partial charge is 0.372 e. The summed E-state index contributed by atoms with van der Waals surface area (Å²) in [5.41, 5.74) is 1.28. The number of benzene rings is 1. The number of rotatable bonds is 7. The van der Waals surface area contributed by atoms with Gasteiger partial charge >= 0.3 is 5.97 Å². The lowest BCUT2D eigenvalue weighted by Crippen LogP contribution is -2.20. The van der Waals surface area contributed by atoms with E-state index in [-0.39, 0.29) is 5.76 Å². The number of para-hydroxylation sites is 1. The highest BCUT2D eigenvalue weighted by atomic mass is 16.5. The monoisotopic (exact) mass is 263 g/mol. The quantitative estimate of drug-likeness (QED) is 0.750. The standard InChI is InChI=1S/C14H17NO4/c1-2-18-8-7-15-9-11-10-5-3-4-6-12(10)19-13(11)14(16)17/h3-6,15H,2,7-9H2,1H3,(H,16,17). The summed E-state index contributed by atoms with van der Waals surface area (Å²) in [7, 11) is 0. The minimum atomic E-state index is -1.04. The Morgan fingerprint density at radius 1 is 1.42 bits per heavy atom. The van der Waals surface area contributed by atoms with Crippen molar-refractivity contribution in [1.82, 2.24) is 5.32 Å². The topological polar surface area (TPSA) is 71.7 Å². The van der Waals surface area contributed by atoms with Crippen LogP contribution < -0.4 is 5.32 Å². The molecule has 0 saturated heterocycles. The zero-order chi connectivity index (χ0) is 13.7. The maximum absolute atomic E-state index is 11.2. The van der Waals surface area contributed by atoms with E-state index in [0.29, 0.717) is 37.4 Å². The number of ether oxygens (including phenoxy) is 1. The van der Waals surface area contributed by atoms with Crippen molar-refractivity contribution in [2.75, 3.05) is 19.8 Å². The van der Waals surface area contributed by atoms with E-state index < -0.39 is 5.97 Å². The number of carbonyl (C=O) groups is 1. The van der Waals surface area contributed by atoms with E-state index in [9.17, 15) is 4.79 Å². The molecule has 102 valence electrons. The molecule has 0 aliphatic rings. The lowest BCUT2D eigenvalue weighted by atomic mass is 10.1. The van der Waals surface area contributed by atoms with Gasteiger partial charge in [-0.2, -0.15) is 0 Å². The van der Waals surface area contributed by atoms with Crippen molar-refractivity contribution in [1.29, 1.82) is 0 Å². The highest BCUT2D eigenvalue weighted by Gasteiger charge is 2.18. The molecule has 5 heteroatoms. The predicted octanol–water partition coefficient (Wildman–Crippen LogP) is 2.26. The van der Waals surface area contributed by atoms with Crippen LogP contribution in [-0.2, 0) is 11.3 Å². The van der Waals surface area contributed by atoms with Gasteiger partial charge in [-0.15, -0.1) is 0 Å². The van der Waals surface area contributed by atoms with Crippen LogP contribution in [0, 0.1) is 0 Å².